The molecule has 0 N–H and O–H groups in total. The molecule has 3 rings (SSSR count). The van der Waals surface area contributed by atoms with Crippen LogP contribution in [-0.2, 0) is 4.79 Å². The number of amides is 1. The minimum absolute atomic E-state index is 0.185. The number of hydrogen-bond donors (Lipinski definition) is 0. The Morgan fingerprint density at radius 2 is 1.84 bits per heavy atom. The Morgan fingerprint density at radius 1 is 1.16 bits per heavy atom. The van der Waals surface area contributed by atoms with Crippen molar-refractivity contribution in [1.82, 2.24) is 9.80 Å². The van der Waals surface area contributed by atoms with E-state index in [4.69, 9.17) is 16.3 Å². The lowest BCUT2D eigenvalue weighted by atomic mass is 9.88. The number of likely N-dealkylation sites (tertiary alicyclic amines) is 1. The predicted octanol–water partition coefficient (Wildman–Crippen LogP) is 3.97. The van der Waals surface area contributed by atoms with Gasteiger partial charge in [0.05, 0.1) is 13.0 Å². The Kier molecular flexibility index (Phi) is 6.60. The maximum atomic E-state index is 12.7. The van der Waals surface area contributed by atoms with E-state index in [1.165, 1.54) is 45.2 Å². The first kappa shape index (κ1) is 18.5. The van der Waals surface area contributed by atoms with Gasteiger partial charge in [0.15, 0.2) is 0 Å². The van der Waals surface area contributed by atoms with Gasteiger partial charge in [0.1, 0.15) is 5.75 Å². The molecule has 0 spiro atoms. The second kappa shape index (κ2) is 8.91. The molecule has 1 heterocycles. The number of nitrogens with zero attached hydrogens (tertiary/aromatic N) is 2. The molecule has 0 aromatic heterocycles. The molecule has 2 atom stereocenters. The quantitative estimate of drug-likeness (QED) is 0.765. The molecular formula is C20H29ClN2O2. The summed E-state index contributed by atoms with van der Waals surface area (Å²) in [6.07, 6.45) is 7.90. The highest BCUT2D eigenvalue weighted by Crippen LogP contribution is 2.29. The summed E-state index contributed by atoms with van der Waals surface area (Å²) < 4.78 is 5.68. The molecule has 1 saturated heterocycles. The zero-order chi connectivity index (χ0) is 17.6. The monoisotopic (exact) mass is 364 g/mol. The van der Waals surface area contributed by atoms with E-state index in [-0.39, 0.29) is 5.91 Å². The molecule has 5 heteroatoms. The van der Waals surface area contributed by atoms with Gasteiger partial charge in [-0.3, -0.25) is 9.69 Å². The Labute approximate surface area is 156 Å². The normalized spacial score (nSPS) is 24.2. The summed E-state index contributed by atoms with van der Waals surface area (Å²) in [7, 11) is 1.98. The van der Waals surface area contributed by atoms with Gasteiger partial charge in [-0.1, -0.05) is 24.4 Å². The zero-order valence-corrected chi connectivity index (χ0v) is 15.9. The van der Waals surface area contributed by atoms with Crippen LogP contribution in [0.3, 0.4) is 0 Å². The maximum absolute atomic E-state index is 12.7. The third kappa shape index (κ3) is 4.89. The Bertz CT molecular complexity index is 557. The molecule has 1 amide bonds. The van der Waals surface area contributed by atoms with Gasteiger partial charge >= 0.3 is 0 Å². The van der Waals surface area contributed by atoms with Gasteiger partial charge < -0.3 is 9.64 Å². The summed E-state index contributed by atoms with van der Waals surface area (Å²) in [5, 5.41) is 0.688. The summed E-state index contributed by atoms with van der Waals surface area (Å²) in [6, 6.07) is 8.17. The summed E-state index contributed by atoms with van der Waals surface area (Å²) in [6.45, 7) is 2.80. The van der Waals surface area contributed by atoms with Crippen LogP contribution in [0.15, 0.2) is 24.3 Å². The highest BCUT2D eigenvalue weighted by molar-refractivity contribution is 6.30. The molecule has 0 radical (unpaired) electrons. The number of hydrogen-bond acceptors (Lipinski definition) is 3. The first-order valence-electron chi connectivity index (χ1n) is 9.53. The summed E-state index contributed by atoms with van der Waals surface area (Å²) in [5.74, 6) is 0.942. The van der Waals surface area contributed by atoms with Crippen LogP contribution >= 0.6 is 11.6 Å². The molecular weight excluding hydrogens is 336 g/mol. The molecule has 1 aliphatic heterocycles. The highest BCUT2D eigenvalue weighted by atomic mass is 35.5. The van der Waals surface area contributed by atoms with E-state index in [9.17, 15) is 4.79 Å². The number of carbonyl (C=O) groups is 1. The zero-order valence-electron chi connectivity index (χ0n) is 15.1. The number of carbonyl (C=O) groups excluding carboxylic acids is 1. The molecule has 2 fully saturated rings. The molecule has 1 saturated carbocycles. The molecule has 2 aliphatic rings. The van der Waals surface area contributed by atoms with Gasteiger partial charge in [0, 0.05) is 24.2 Å². The van der Waals surface area contributed by atoms with E-state index in [1.807, 2.05) is 24.1 Å². The van der Waals surface area contributed by atoms with Crippen molar-refractivity contribution in [1.29, 1.82) is 0 Å². The summed E-state index contributed by atoms with van der Waals surface area (Å²) >= 11 is 5.87. The van der Waals surface area contributed by atoms with E-state index in [0.717, 1.165) is 12.2 Å². The molecule has 1 aromatic carbocycles. The van der Waals surface area contributed by atoms with E-state index >= 15 is 0 Å². The maximum Gasteiger partial charge on any atom is 0.226 e. The molecule has 1 aliphatic carbocycles. The van der Waals surface area contributed by atoms with Gasteiger partial charge in [-0.25, -0.2) is 0 Å². The van der Waals surface area contributed by atoms with E-state index in [0.29, 0.717) is 30.1 Å². The van der Waals surface area contributed by atoms with E-state index in [2.05, 4.69) is 4.90 Å². The minimum atomic E-state index is 0.185. The van der Waals surface area contributed by atoms with Crippen molar-refractivity contribution >= 4 is 17.5 Å². The van der Waals surface area contributed by atoms with Crippen LogP contribution in [0.1, 0.15) is 44.9 Å². The van der Waals surface area contributed by atoms with Crippen molar-refractivity contribution in [2.75, 3.05) is 26.7 Å². The van der Waals surface area contributed by atoms with Crippen molar-refractivity contribution in [3.63, 3.8) is 0 Å². The third-order valence-corrected chi connectivity index (χ3v) is 5.84. The van der Waals surface area contributed by atoms with Crippen LogP contribution in [0.2, 0.25) is 5.02 Å². The van der Waals surface area contributed by atoms with Crippen LogP contribution < -0.4 is 4.74 Å². The lowest BCUT2D eigenvalue weighted by Gasteiger charge is -2.42. The van der Waals surface area contributed by atoms with E-state index < -0.39 is 0 Å². The average molecular weight is 365 g/mol. The number of halogens is 1. The smallest absolute Gasteiger partial charge is 0.226 e. The Balaban J connectivity index is 1.50. The first-order chi connectivity index (χ1) is 12.1. The van der Waals surface area contributed by atoms with Crippen molar-refractivity contribution in [2.45, 2.75) is 57.0 Å². The second-order valence-electron chi connectivity index (χ2n) is 7.22. The van der Waals surface area contributed by atoms with Gasteiger partial charge in [-0.05, 0) is 63.0 Å². The van der Waals surface area contributed by atoms with Crippen LogP contribution in [0.5, 0.6) is 5.75 Å². The molecule has 25 heavy (non-hydrogen) atoms. The Hall–Kier alpha value is -1.26. The fraction of sp³-hybridized carbons (Fsp3) is 0.650. The third-order valence-electron chi connectivity index (χ3n) is 5.59. The highest BCUT2D eigenvalue weighted by Gasteiger charge is 2.35. The van der Waals surface area contributed by atoms with Gasteiger partial charge in [-0.2, -0.15) is 0 Å². The summed E-state index contributed by atoms with van der Waals surface area (Å²) in [5.41, 5.74) is 0. The molecule has 0 unspecified atom stereocenters. The first-order valence-corrected chi connectivity index (χ1v) is 9.91. The molecule has 0 bridgehead atoms. The van der Waals surface area contributed by atoms with Crippen molar-refractivity contribution < 1.29 is 9.53 Å². The SMILES string of the molecule is CN(C(=O)CCOc1ccc(Cl)cc1)[C@@H]1CCCC[C@H]1N1CCCC1. The molecule has 4 nitrogen and oxygen atoms in total. The summed E-state index contributed by atoms with van der Waals surface area (Å²) in [4.78, 5) is 17.3. The van der Waals surface area contributed by atoms with Crippen molar-refractivity contribution in [3.8, 4) is 5.75 Å². The van der Waals surface area contributed by atoms with Crippen LogP contribution in [0.25, 0.3) is 0 Å². The largest absolute Gasteiger partial charge is 0.493 e. The van der Waals surface area contributed by atoms with Crippen molar-refractivity contribution in [3.05, 3.63) is 29.3 Å². The van der Waals surface area contributed by atoms with Crippen molar-refractivity contribution in [2.24, 2.45) is 0 Å². The molecule has 138 valence electrons. The standard InChI is InChI=1S/C20H29ClN2O2/c1-22(18-6-2-3-7-19(18)23-13-4-5-14-23)20(24)12-15-25-17-10-8-16(21)9-11-17/h8-11,18-19H,2-7,12-15H2,1H3/t18-,19-/m1/s1. The van der Waals surface area contributed by atoms with Gasteiger partial charge in [0.2, 0.25) is 5.91 Å². The number of ether oxygens (including phenoxy) is 1. The van der Waals surface area contributed by atoms with Crippen LogP contribution in [-0.4, -0.2) is 54.5 Å². The number of likely N-dealkylation sites (N-methyl/N-ethyl adjacent to an activating group) is 1. The topological polar surface area (TPSA) is 32.8 Å². The fourth-order valence-corrected chi connectivity index (χ4v) is 4.32. The lowest BCUT2D eigenvalue weighted by Crippen LogP contribution is -2.53. The van der Waals surface area contributed by atoms with Crippen LogP contribution in [0.4, 0.5) is 0 Å². The predicted molar refractivity (Wildman–Crippen MR) is 101 cm³/mol. The Morgan fingerprint density at radius 3 is 2.56 bits per heavy atom. The minimum Gasteiger partial charge on any atom is -0.493 e. The number of benzene rings is 1. The molecule has 1 aromatic rings. The van der Waals surface area contributed by atoms with Gasteiger partial charge in [-0.15, -0.1) is 0 Å². The lowest BCUT2D eigenvalue weighted by molar-refractivity contribution is -0.134. The average Bonchev–Trinajstić information content (AvgIpc) is 3.17. The fourth-order valence-electron chi connectivity index (χ4n) is 4.19. The van der Waals surface area contributed by atoms with Crippen LogP contribution in [0, 0.1) is 0 Å². The number of rotatable bonds is 6. The van der Waals surface area contributed by atoms with Gasteiger partial charge in [0.25, 0.3) is 0 Å². The van der Waals surface area contributed by atoms with E-state index in [1.54, 1.807) is 12.1 Å². The second-order valence-corrected chi connectivity index (χ2v) is 7.66.